The fourth-order valence-electron chi connectivity index (χ4n) is 3.04. The van der Waals surface area contributed by atoms with Crippen molar-refractivity contribution < 1.29 is 13.9 Å². The zero-order valence-electron chi connectivity index (χ0n) is 16.6. The number of nitrogens with zero attached hydrogens (tertiary/aromatic N) is 2. The molecular weight excluding hydrogens is 437 g/mol. The van der Waals surface area contributed by atoms with Crippen molar-refractivity contribution in [1.82, 2.24) is 9.97 Å². The number of methoxy groups -OCH3 is 1. The lowest BCUT2D eigenvalue weighted by Gasteiger charge is -2.09. The summed E-state index contributed by atoms with van der Waals surface area (Å²) in [5, 5.41) is 3.69. The van der Waals surface area contributed by atoms with Crippen LogP contribution in [0.3, 0.4) is 0 Å². The van der Waals surface area contributed by atoms with Gasteiger partial charge in [-0.15, -0.1) is 0 Å². The van der Waals surface area contributed by atoms with Gasteiger partial charge in [-0.3, -0.25) is 4.79 Å². The minimum Gasteiger partial charge on any atom is -0.495 e. The zero-order chi connectivity index (χ0) is 22.0. The van der Waals surface area contributed by atoms with E-state index < -0.39 is 0 Å². The first kappa shape index (κ1) is 20.9. The van der Waals surface area contributed by atoms with Gasteiger partial charge < -0.3 is 14.5 Å². The number of anilines is 1. The molecule has 4 aromatic rings. The molecular formula is C23H17Cl2N3O3. The lowest BCUT2D eigenvalue weighted by molar-refractivity contribution is -0.111. The van der Waals surface area contributed by atoms with Crippen molar-refractivity contribution in [2.75, 3.05) is 12.4 Å². The van der Waals surface area contributed by atoms with Crippen LogP contribution < -0.4 is 10.1 Å². The molecule has 2 heterocycles. The van der Waals surface area contributed by atoms with E-state index in [2.05, 4.69) is 15.3 Å². The molecule has 0 aliphatic rings. The van der Waals surface area contributed by atoms with E-state index >= 15 is 0 Å². The van der Waals surface area contributed by atoms with Crippen LogP contribution in [0.15, 0.2) is 59.2 Å². The van der Waals surface area contributed by atoms with Gasteiger partial charge in [-0.05, 0) is 55.0 Å². The van der Waals surface area contributed by atoms with Crippen molar-refractivity contribution in [3.63, 3.8) is 0 Å². The molecule has 0 atom stereocenters. The lowest BCUT2D eigenvalue weighted by atomic mass is 10.1. The average Bonchev–Trinajstić information content (AvgIpc) is 3.18. The Kier molecular flexibility index (Phi) is 5.93. The summed E-state index contributed by atoms with van der Waals surface area (Å²) in [6.07, 6.45) is 4.64. The van der Waals surface area contributed by atoms with Gasteiger partial charge in [-0.25, -0.2) is 4.98 Å². The van der Waals surface area contributed by atoms with E-state index in [0.717, 1.165) is 11.1 Å². The van der Waals surface area contributed by atoms with Gasteiger partial charge in [0.05, 0.1) is 12.1 Å². The first-order chi connectivity index (χ1) is 14.9. The zero-order valence-corrected chi connectivity index (χ0v) is 18.2. The summed E-state index contributed by atoms with van der Waals surface area (Å²) in [6.45, 7) is 1.90. The van der Waals surface area contributed by atoms with Gasteiger partial charge in [0.15, 0.2) is 11.2 Å². The third-order valence-electron chi connectivity index (χ3n) is 4.56. The number of nitrogens with one attached hydrogen (secondary N) is 1. The summed E-state index contributed by atoms with van der Waals surface area (Å²) in [5.74, 6) is 0.550. The van der Waals surface area contributed by atoms with Gasteiger partial charge in [0.2, 0.25) is 11.8 Å². The van der Waals surface area contributed by atoms with E-state index in [4.69, 9.17) is 32.4 Å². The minimum atomic E-state index is -0.322. The monoisotopic (exact) mass is 453 g/mol. The highest BCUT2D eigenvalue weighted by atomic mass is 35.5. The van der Waals surface area contributed by atoms with Crippen LogP contribution >= 0.6 is 23.2 Å². The lowest BCUT2D eigenvalue weighted by Crippen LogP contribution is -2.09. The number of oxazole rings is 1. The smallest absolute Gasteiger partial charge is 0.248 e. The Morgan fingerprint density at radius 3 is 2.81 bits per heavy atom. The van der Waals surface area contributed by atoms with Gasteiger partial charge >= 0.3 is 0 Å². The number of amides is 1. The normalized spacial score (nSPS) is 11.2. The number of benzene rings is 2. The Morgan fingerprint density at radius 2 is 2.03 bits per heavy atom. The molecule has 31 heavy (non-hydrogen) atoms. The maximum Gasteiger partial charge on any atom is 0.248 e. The highest BCUT2D eigenvalue weighted by Gasteiger charge is 2.12. The molecule has 0 aliphatic carbocycles. The molecule has 6 nitrogen and oxygen atoms in total. The fourth-order valence-corrected chi connectivity index (χ4v) is 3.63. The Morgan fingerprint density at radius 1 is 1.19 bits per heavy atom. The molecule has 156 valence electrons. The summed E-state index contributed by atoms with van der Waals surface area (Å²) in [6, 6.07) is 12.4. The van der Waals surface area contributed by atoms with E-state index in [9.17, 15) is 4.79 Å². The van der Waals surface area contributed by atoms with Crippen LogP contribution in [-0.4, -0.2) is 23.0 Å². The molecule has 0 bridgehead atoms. The van der Waals surface area contributed by atoms with Crippen molar-refractivity contribution in [3.05, 3.63) is 75.9 Å². The largest absolute Gasteiger partial charge is 0.495 e. The summed E-state index contributed by atoms with van der Waals surface area (Å²) >= 11 is 12.2. The van der Waals surface area contributed by atoms with Crippen LogP contribution in [0.5, 0.6) is 5.75 Å². The summed E-state index contributed by atoms with van der Waals surface area (Å²) in [7, 11) is 1.50. The number of carbonyl (C=O) groups is 1. The van der Waals surface area contributed by atoms with Crippen LogP contribution in [-0.2, 0) is 4.79 Å². The van der Waals surface area contributed by atoms with Crippen molar-refractivity contribution >= 4 is 52.1 Å². The third-order valence-corrected chi connectivity index (χ3v) is 5.06. The molecule has 0 saturated carbocycles. The van der Waals surface area contributed by atoms with Crippen LogP contribution in [0.2, 0.25) is 10.0 Å². The Labute approximate surface area is 188 Å². The predicted molar refractivity (Wildman–Crippen MR) is 123 cm³/mol. The molecule has 0 fully saturated rings. The fraction of sp³-hybridized carbons (Fsp3) is 0.0870. The van der Waals surface area contributed by atoms with E-state index in [-0.39, 0.29) is 5.91 Å². The minimum absolute atomic E-state index is 0.322. The highest BCUT2D eigenvalue weighted by Crippen LogP contribution is 2.33. The molecule has 2 aromatic carbocycles. The van der Waals surface area contributed by atoms with Crippen molar-refractivity contribution in [2.45, 2.75) is 6.92 Å². The molecule has 2 aromatic heterocycles. The van der Waals surface area contributed by atoms with Gasteiger partial charge in [0.1, 0.15) is 5.75 Å². The number of hydrogen-bond donors (Lipinski definition) is 1. The standard InChI is InChI=1S/C23H17Cl2N3O3/c1-13-5-6-15(23-28-22-19(31-23)4-3-9-26-22)11-18(13)27-20(29)8-7-14-10-16(24)12-17(25)21(14)30-2/h3-12H,1-2H3,(H,27,29)/b8-7+. The molecule has 1 N–H and O–H groups in total. The van der Waals surface area contributed by atoms with Gasteiger partial charge in [-0.1, -0.05) is 29.3 Å². The molecule has 0 spiro atoms. The number of halogens is 2. The number of carbonyl (C=O) groups excluding carboxylic acids is 1. The number of aryl methyl sites for hydroxylation is 1. The highest BCUT2D eigenvalue weighted by molar-refractivity contribution is 6.36. The number of pyridine rings is 1. The van der Waals surface area contributed by atoms with Crippen molar-refractivity contribution in [1.29, 1.82) is 0 Å². The summed E-state index contributed by atoms with van der Waals surface area (Å²) in [5.41, 5.74) is 3.98. The van der Waals surface area contributed by atoms with E-state index in [1.54, 1.807) is 36.5 Å². The second-order valence-corrected chi connectivity index (χ2v) is 7.55. The van der Waals surface area contributed by atoms with Gasteiger partial charge in [0.25, 0.3) is 0 Å². The topological polar surface area (TPSA) is 77.2 Å². The maximum atomic E-state index is 12.5. The maximum absolute atomic E-state index is 12.5. The molecule has 0 aliphatic heterocycles. The summed E-state index contributed by atoms with van der Waals surface area (Å²) in [4.78, 5) is 21.1. The predicted octanol–water partition coefficient (Wildman–Crippen LogP) is 6.17. The van der Waals surface area contributed by atoms with E-state index in [0.29, 0.717) is 44.2 Å². The quantitative estimate of drug-likeness (QED) is 0.365. The first-order valence-corrected chi connectivity index (χ1v) is 10.0. The third kappa shape index (κ3) is 4.55. The molecule has 0 radical (unpaired) electrons. The molecule has 1 amide bonds. The molecule has 0 saturated heterocycles. The Bertz CT molecular complexity index is 1280. The molecule has 4 rings (SSSR count). The van der Waals surface area contributed by atoms with Crippen LogP contribution in [0.4, 0.5) is 5.69 Å². The Hall–Kier alpha value is -3.35. The van der Waals surface area contributed by atoms with Gasteiger partial charge in [-0.2, -0.15) is 4.98 Å². The van der Waals surface area contributed by atoms with Crippen molar-refractivity contribution in [2.24, 2.45) is 0 Å². The van der Waals surface area contributed by atoms with Crippen LogP contribution in [0, 0.1) is 6.92 Å². The van der Waals surface area contributed by atoms with E-state index in [1.807, 2.05) is 25.1 Å². The SMILES string of the molecule is COc1c(Cl)cc(Cl)cc1/C=C/C(=O)Nc1cc(-c2nc3ncccc3o2)ccc1C. The summed E-state index contributed by atoms with van der Waals surface area (Å²) < 4.78 is 11.1. The number of ether oxygens (including phenoxy) is 1. The number of fused-ring (bicyclic) bond motifs is 1. The van der Waals surface area contributed by atoms with E-state index in [1.165, 1.54) is 13.2 Å². The number of hydrogen-bond acceptors (Lipinski definition) is 5. The Balaban J connectivity index is 1.57. The van der Waals surface area contributed by atoms with Gasteiger partial charge in [0, 0.05) is 34.1 Å². The number of rotatable bonds is 5. The van der Waals surface area contributed by atoms with Crippen molar-refractivity contribution in [3.8, 4) is 17.2 Å². The second-order valence-electron chi connectivity index (χ2n) is 6.71. The van der Waals surface area contributed by atoms with Crippen LogP contribution in [0.1, 0.15) is 11.1 Å². The molecule has 8 heteroatoms. The second kappa shape index (κ2) is 8.79. The molecule has 0 unspecified atom stereocenters. The first-order valence-electron chi connectivity index (χ1n) is 9.29. The number of aromatic nitrogens is 2. The average molecular weight is 454 g/mol. The van der Waals surface area contributed by atoms with Crippen LogP contribution in [0.25, 0.3) is 28.8 Å².